The number of morpholine rings is 1. The van der Waals surface area contributed by atoms with Gasteiger partial charge < -0.3 is 25.0 Å². The summed E-state index contributed by atoms with van der Waals surface area (Å²) in [5.41, 5.74) is 0.412. The van der Waals surface area contributed by atoms with Gasteiger partial charge in [0.2, 0.25) is 5.95 Å². The van der Waals surface area contributed by atoms with E-state index < -0.39 is 29.6 Å². The van der Waals surface area contributed by atoms with Gasteiger partial charge in [-0.3, -0.25) is 0 Å². The van der Waals surface area contributed by atoms with Crippen molar-refractivity contribution in [2.45, 2.75) is 38.2 Å². The molecule has 2 aliphatic heterocycles. The number of anilines is 4. The number of rotatable bonds is 5. The molecule has 4 heterocycles. The third kappa shape index (κ3) is 6.32. The lowest BCUT2D eigenvalue weighted by atomic mass is 10.1. The molecule has 3 aromatic rings. The zero-order valence-electron chi connectivity index (χ0n) is 22.1. The van der Waals surface area contributed by atoms with Crippen LogP contribution < -0.4 is 15.1 Å². The van der Waals surface area contributed by atoms with Crippen molar-refractivity contribution in [1.82, 2.24) is 15.0 Å². The fourth-order valence-corrected chi connectivity index (χ4v) is 5.03. The number of aryl methyl sites for hydroxylation is 1. The molecule has 1 unspecified atom stereocenters. The Morgan fingerprint density at radius 2 is 1.78 bits per heavy atom. The number of aliphatic hydroxyl groups is 1. The quantitative estimate of drug-likeness (QED) is 0.417. The molecule has 0 spiro atoms. The van der Waals surface area contributed by atoms with Crippen molar-refractivity contribution in [3.63, 3.8) is 0 Å². The van der Waals surface area contributed by atoms with Gasteiger partial charge in [-0.05, 0) is 49.2 Å². The predicted molar refractivity (Wildman–Crippen MR) is 139 cm³/mol. The lowest BCUT2D eigenvalue weighted by Crippen LogP contribution is -2.45. The fraction of sp³-hybridized carbons (Fsp3) is 0.444. The standard InChI is InChI=1S/C27H28F6N6O2/c1-16-13-17(26(28,29)30)4-5-21(16)35-23-19-6-9-38(24-20(27(31,32)33)3-2-8-34-24)10-7-22(19)36-25(37-23)39-11-12-41-18(14-39)15-40/h2-5,8,13,18,40H,6-7,9-12,14-15H2,1H3,(H,35,36,37). The summed E-state index contributed by atoms with van der Waals surface area (Å²) in [5, 5.41) is 12.7. The maximum atomic E-state index is 13.7. The van der Waals surface area contributed by atoms with Crippen LogP contribution in [0.15, 0.2) is 36.5 Å². The van der Waals surface area contributed by atoms with Gasteiger partial charge in [-0.25, -0.2) is 9.97 Å². The molecule has 2 N–H and O–H groups in total. The number of fused-ring (bicyclic) bond motifs is 1. The third-order valence-corrected chi connectivity index (χ3v) is 7.15. The van der Waals surface area contributed by atoms with Crippen molar-refractivity contribution in [3.8, 4) is 0 Å². The zero-order valence-corrected chi connectivity index (χ0v) is 22.1. The highest BCUT2D eigenvalue weighted by Gasteiger charge is 2.36. The van der Waals surface area contributed by atoms with Crippen molar-refractivity contribution in [2.24, 2.45) is 0 Å². The van der Waals surface area contributed by atoms with E-state index in [2.05, 4.69) is 10.3 Å². The molecule has 1 atom stereocenters. The van der Waals surface area contributed by atoms with E-state index in [4.69, 9.17) is 14.7 Å². The minimum atomic E-state index is -4.58. The van der Waals surface area contributed by atoms with E-state index in [0.717, 1.165) is 18.2 Å². The summed E-state index contributed by atoms with van der Waals surface area (Å²) in [6, 6.07) is 5.58. The van der Waals surface area contributed by atoms with Crippen LogP contribution in [0.5, 0.6) is 0 Å². The summed E-state index contributed by atoms with van der Waals surface area (Å²) in [6.07, 6.45) is -7.65. The summed E-state index contributed by atoms with van der Waals surface area (Å²) in [5.74, 6) is 0.520. The van der Waals surface area contributed by atoms with E-state index >= 15 is 0 Å². The number of nitrogens with zero attached hydrogens (tertiary/aromatic N) is 5. The molecule has 1 fully saturated rings. The topological polar surface area (TPSA) is 86.6 Å². The van der Waals surface area contributed by atoms with Crippen LogP contribution in [0.4, 0.5) is 49.6 Å². The molecule has 220 valence electrons. The number of pyridine rings is 1. The van der Waals surface area contributed by atoms with E-state index in [1.165, 1.54) is 18.3 Å². The monoisotopic (exact) mass is 582 g/mol. The van der Waals surface area contributed by atoms with Gasteiger partial charge in [-0.15, -0.1) is 0 Å². The van der Waals surface area contributed by atoms with Gasteiger partial charge in [0.15, 0.2) is 0 Å². The van der Waals surface area contributed by atoms with Crippen LogP contribution in [0, 0.1) is 6.92 Å². The number of halogens is 6. The molecule has 0 amide bonds. The van der Waals surface area contributed by atoms with Crippen LogP contribution in [0.3, 0.4) is 0 Å². The van der Waals surface area contributed by atoms with Crippen LogP contribution in [0.1, 0.15) is 27.9 Å². The van der Waals surface area contributed by atoms with Gasteiger partial charge in [0, 0.05) is 50.0 Å². The van der Waals surface area contributed by atoms with Crippen LogP contribution >= 0.6 is 0 Å². The van der Waals surface area contributed by atoms with Gasteiger partial charge in [-0.1, -0.05) is 0 Å². The van der Waals surface area contributed by atoms with Crippen molar-refractivity contribution >= 4 is 23.3 Å². The van der Waals surface area contributed by atoms with Crippen molar-refractivity contribution in [1.29, 1.82) is 0 Å². The van der Waals surface area contributed by atoms with Crippen LogP contribution in [-0.4, -0.2) is 65.6 Å². The Hall–Kier alpha value is -3.65. The van der Waals surface area contributed by atoms with E-state index in [-0.39, 0.29) is 38.4 Å². The Kier molecular flexibility index (Phi) is 7.97. The molecule has 14 heteroatoms. The maximum Gasteiger partial charge on any atom is 0.419 e. The average molecular weight is 583 g/mol. The van der Waals surface area contributed by atoms with Crippen LogP contribution in [0.2, 0.25) is 0 Å². The summed E-state index contributed by atoms with van der Waals surface area (Å²) in [6.45, 7) is 2.86. The number of aromatic nitrogens is 3. The highest BCUT2D eigenvalue weighted by molar-refractivity contribution is 5.66. The summed E-state index contributed by atoms with van der Waals surface area (Å²) in [7, 11) is 0. The largest absolute Gasteiger partial charge is 0.419 e. The number of alkyl halides is 6. The Balaban J connectivity index is 1.51. The number of aliphatic hydroxyl groups excluding tert-OH is 1. The number of nitrogens with one attached hydrogen (secondary N) is 1. The lowest BCUT2D eigenvalue weighted by Gasteiger charge is -2.32. The van der Waals surface area contributed by atoms with Gasteiger partial charge in [0.25, 0.3) is 0 Å². The van der Waals surface area contributed by atoms with Gasteiger partial charge >= 0.3 is 12.4 Å². The summed E-state index contributed by atoms with van der Waals surface area (Å²) >= 11 is 0. The molecule has 0 radical (unpaired) electrons. The Morgan fingerprint density at radius 1 is 1.00 bits per heavy atom. The summed E-state index contributed by atoms with van der Waals surface area (Å²) in [4.78, 5) is 16.9. The van der Waals surface area contributed by atoms with Crippen LogP contribution in [-0.2, 0) is 29.9 Å². The van der Waals surface area contributed by atoms with Gasteiger partial charge in [-0.2, -0.15) is 31.3 Å². The molecular weight excluding hydrogens is 554 g/mol. The van der Waals surface area contributed by atoms with E-state index in [1.54, 1.807) is 11.8 Å². The highest BCUT2D eigenvalue weighted by Crippen LogP contribution is 2.37. The fourth-order valence-electron chi connectivity index (χ4n) is 5.03. The molecule has 0 aliphatic carbocycles. The second-order valence-electron chi connectivity index (χ2n) is 9.93. The minimum absolute atomic E-state index is 0.173. The number of hydrogen-bond donors (Lipinski definition) is 2. The zero-order chi connectivity index (χ0) is 29.4. The second-order valence-corrected chi connectivity index (χ2v) is 9.93. The molecule has 41 heavy (non-hydrogen) atoms. The molecule has 0 bridgehead atoms. The van der Waals surface area contributed by atoms with Crippen molar-refractivity contribution < 1.29 is 36.2 Å². The SMILES string of the molecule is Cc1cc(C(F)(F)F)ccc1Nc1nc(N2CCOC(CO)C2)nc2c1CCN(c1ncccc1C(F)(F)F)CC2. The second kappa shape index (κ2) is 11.3. The van der Waals surface area contributed by atoms with E-state index in [1.807, 2.05) is 4.90 Å². The van der Waals surface area contributed by atoms with E-state index in [0.29, 0.717) is 54.0 Å². The smallest absolute Gasteiger partial charge is 0.394 e. The Morgan fingerprint density at radius 3 is 2.49 bits per heavy atom. The molecule has 2 aromatic heterocycles. The maximum absolute atomic E-state index is 13.7. The Bertz CT molecular complexity index is 1400. The first-order chi connectivity index (χ1) is 19.4. The third-order valence-electron chi connectivity index (χ3n) is 7.15. The molecule has 1 saturated heterocycles. The molecular formula is C27H28F6N6O2. The van der Waals surface area contributed by atoms with Gasteiger partial charge in [0.1, 0.15) is 11.6 Å². The number of ether oxygens (including phenoxy) is 1. The normalized spacial score (nSPS) is 18.2. The molecule has 5 rings (SSSR count). The Labute approximate surface area is 232 Å². The average Bonchev–Trinajstić information content (AvgIpc) is 3.16. The first-order valence-electron chi connectivity index (χ1n) is 13.0. The number of benzene rings is 1. The first-order valence-corrected chi connectivity index (χ1v) is 13.0. The minimum Gasteiger partial charge on any atom is -0.394 e. The molecule has 0 saturated carbocycles. The van der Waals surface area contributed by atoms with Gasteiger partial charge in [0.05, 0.1) is 36.1 Å². The van der Waals surface area contributed by atoms with Crippen LogP contribution in [0.25, 0.3) is 0 Å². The highest BCUT2D eigenvalue weighted by atomic mass is 19.4. The van der Waals surface area contributed by atoms with E-state index in [9.17, 15) is 31.4 Å². The van der Waals surface area contributed by atoms with Crippen molar-refractivity contribution in [3.05, 3.63) is 64.5 Å². The molecule has 1 aromatic carbocycles. The molecule has 2 aliphatic rings. The molecule has 8 nitrogen and oxygen atoms in total. The lowest BCUT2D eigenvalue weighted by molar-refractivity contribution is -0.138. The number of hydrogen-bond acceptors (Lipinski definition) is 8. The van der Waals surface area contributed by atoms with Crippen molar-refractivity contribution in [2.75, 3.05) is 54.5 Å². The predicted octanol–water partition coefficient (Wildman–Crippen LogP) is 4.76. The summed E-state index contributed by atoms with van der Waals surface area (Å²) < 4.78 is 86.4. The first kappa shape index (κ1) is 28.9.